The van der Waals surface area contributed by atoms with Gasteiger partial charge in [-0.1, -0.05) is 12.1 Å². The van der Waals surface area contributed by atoms with Gasteiger partial charge in [0.1, 0.15) is 5.56 Å². The van der Waals surface area contributed by atoms with Crippen LogP contribution in [0, 0.1) is 10.1 Å². The van der Waals surface area contributed by atoms with Crippen molar-refractivity contribution in [1.29, 1.82) is 0 Å². The molecule has 0 spiro atoms. The Labute approximate surface area is 111 Å². The Morgan fingerprint density at radius 3 is 2.25 bits per heavy atom. The van der Waals surface area contributed by atoms with Gasteiger partial charge in [-0.2, -0.15) is 0 Å². The number of carboxylic acid groups (broad SMARTS) is 2. The van der Waals surface area contributed by atoms with E-state index in [1.54, 1.807) is 0 Å². The molecular formula is C8H4NNaO6. The van der Waals surface area contributed by atoms with E-state index in [1.807, 2.05) is 0 Å². The van der Waals surface area contributed by atoms with Gasteiger partial charge >= 0.3 is 35.5 Å². The van der Waals surface area contributed by atoms with Crippen LogP contribution in [0.3, 0.4) is 0 Å². The van der Waals surface area contributed by atoms with Crippen LogP contribution >= 0.6 is 0 Å². The van der Waals surface area contributed by atoms with Crippen LogP contribution in [-0.4, -0.2) is 22.0 Å². The van der Waals surface area contributed by atoms with Gasteiger partial charge in [-0.25, -0.2) is 4.79 Å². The molecule has 0 saturated heterocycles. The topological polar surface area (TPSA) is 121 Å². The van der Waals surface area contributed by atoms with E-state index >= 15 is 0 Å². The van der Waals surface area contributed by atoms with E-state index in [0.717, 1.165) is 18.2 Å². The van der Waals surface area contributed by atoms with Crippen LogP contribution < -0.4 is 34.7 Å². The number of hydrogen-bond acceptors (Lipinski definition) is 5. The molecule has 0 bridgehead atoms. The fourth-order valence-electron chi connectivity index (χ4n) is 1.09. The number of nitro groups is 1. The van der Waals surface area contributed by atoms with Crippen molar-refractivity contribution in [1.82, 2.24) is 0 Å². The summed E-state index contributed by atoms with van der Waals surface area (Å²) in [7, 11) is 0. The maximum absolute atomic E-state index is 10.7. The first-order chi connectivity index (χ1) is 6.95. The normalized spacial score (nSPS) is 9.00. The molecule has 0 aliphatic carbocycles. The Bertz CT molecular complexity index is 426. The van der Waals surface area contributed by atoms with Crippen molar-refractivity contribution >= 4 is 17.6 Å². The third-order valence-corrected chi connectivity index (χ3v) is 1.67. The molecule has 1 aromatic rings. The van der Waals surface area contributed by atoms with Gasteiger partial charge in [0.15, 0.2) is 0 Å². The van der Waals surface area contributed by atoms with Gasteiger partial charge in [0.05, 0.1) is 10.9 Å². The van der Waals surface area contributed by atoms with Gasteiger partial charge in [-0.15, -0.1) is 0 Å². The summed E-state index contributed by atoms with van der Waals surface area (Å²) in [5.41, 5.74) is -2.36. The van der Waals surface area contributed by atoms with Crippen LogP contribution in [0.15, 0.2) is 18.2 Å². The Morgan fingerprint density at radius 2 is 1.88 bits per heavy atom. The maximum Gasteiger partial charge on any atom is 1.00 e. The van der Waals surface area contributed by atoms with Crippen LogP contribution in [0.1, 0.15) is 20.7 Å². The van der Waals surface area contributed by atoms with Gasteiger partial charge in [0, 0.05) is 11.6 Å². The second-order valence-electron chi connectivity index (χ2n) is 2.55. The molecule has 0 saturated carbocycles. The number of carboxylic acids is 2. The average Bonchev–Trinajstić information content (AvgIpc) is 2.16. The smallest absolute Gasteiger partial charge is 0.545 e. The summed E-state index contributed by atoms with van der Waals surface area (Å²) in [6.45, 7) is 0. The van der Waals surface area contributed by atoms with Crippen molar-refractivity contribution in [2.24, 2.45) is 0 Å². The third-order valence-electron chi connectivity index (χ3n) is 1.67. The summed E-state index contributed by atoms with van der Waals surface area (Å²) < 4.78 is 0. The predicted octanol–water partition coefficient (Wildman–Crippen LogP) is -3.34. The van der Waals surface area contributed by atoms with Crippen molar-refractivity contribution in [2.75, 3.05) is 0 Å². The average molecular weight is 233 g/mol. The first kappa shape index (κ1) is 14.6. The SMILES string of the molecule is O=C([O-])c1cccc([N+](=O)[O-])c1C(=O)O.[Na+]. The van der Waals surface area contributed by atoms with Crippen LogP contribution in [0.4, 0.5) is 5.69 Å². The van der Waals surface area contributed by atoms with Crippen LogP contribution in [-0.2, 0) is 0 Å². The van der Waals surface area contributed by atoms with Crippen LogP contribution in [0.2, 0.25) is 0 Å². The molecule has 7 nitrogen and oxygen atoms in total. The fraction of sp³-hybridized carbons (Fsp3) is 0. The minimum Gasteiger partial charge on any atom is -0.545 e. The molecule has 1 rings (SSSR count). The van der Waals surface area contributed by atoms with Crippen LogP contribution in [0.25, 0.3) is 0 Å². The van der Waals surface area contributed by atoms with Gasteiger partial charge in [-0.3, -0.25) is 10.1 Å². The molecule has 0 unspecified atom stereocenters. The second-order valence-corrected chi connectivity index (χ2v) is 2.55. The third kappa shape index (κ3) is 2.78. The number of hydrogen-bond donors (Lipinski definition) is 1. The molecule has 1 aromatic carbocycles. The molecule has 78 valence electrons. The van der Waals surface area contributed by atoms with Crippen molar-refractivity contribution < 1.29 is 54.3 Å². The fourth-order valence-corrected chi connectivity index (χ4v) is 1.09. The van der Waals surface area contributed by atoms with Gasteiger partial charge in [0.2, 0.25) is 0 Å². The van der Waals surface area contributed by atoms with E-state index < -0.39 is 33.7 Å². The number of aromatic carboxylic acids is 2. The molecule has 0 fully saturated rings. The van der Waals surface area contributed by atoms with E-state index in [0.29, 0.717) is 0 Å². The molecular weight excluding hydrogens is 229 g/mol. The zero-order chi connectivity index (χ0) is 11.6. The molecule has 0 aliphatic heterocycles. The van der Waals surface area contributed by atoms with E-state index in [2.05, 4.69) is 0 Å². The van der Waals surface area contributed by atoms with Gasteiger partial charge in [-0.05, 0) is 0 Å². The predicted molar refractivity (Wildman–Crippen MR) is 44.4 cm³/mol. The summed E-state index contributed by atoms with van der Waals surface area (Å²) in [5, 5.41) is 29.6. The molecule has 0 amide bonds. The zero-order valence-electron chi connectivity index (χ0n) is 8.17. The summed E-state index contributed by atoms with van der Waals surface area (Å²) in [4.78, 5) is 30.6. The second kappa shape index (κ2) is 5.59. The first-order valence-electron chi connectivity index (χ1n) is 3.67. The molecule has 8 heteroatoms. The molecule has 1 N–H and O–H groups in total. The minimum absolute atomic E-state index is 0. The molecule has 0 radical (unpaired) electrons. The van der Waals surface area contributed by atoms with Crippen molar-refractivity contribution in [3.63, 3.8) is 0 Å². The largest absolute Gasteiger partial charge is 1.00 e. The Hall–Kier alpha value is -1.44. The monoisotopic (exact) mass is 233 g/mol. The van der Waals surface area contributed by atoms with E-state index in [9.17, 15) is 24.8 Å². The number of rotatable bonds is 3. The van der Waals surface area contributed by atoms with Crippen molar-refractivity contribution in [2.45, 2.75) is 0 Å². The number of carbonyl (C=O) groups excluding carboxylic acids is 1. The molecule has 16 heavy (non-hydrogen) atoms. The van der Waals surface area contributed by atoms with E-state index in [1.165, 1.54) is 0 Å². The number of nitro benzene ring substituents is 1. The number of benzene rings is 1. The zero-order valence-corrected chi connectivity index (χ0v) is 10.2. The van der Waals surface area contributed by atoms with Crippen molar-refractivity contribution in [3.05, 3.63) is 39.4 Å². The number of carbonyl (C=O) groups is 2. The molecule has 0 aromatic heterocycles. The summed E-state index contributed by atoms with van der Waals surface area (Å²) in [5.74, 6) is -3.45. The standard InChI is InChI=1S/C8H5NO6.Na/c10-7(11)4-2-1-3-5(9(14)15)6(4)8(12)13;/h1-3H,(H,10,11)(H,12,13);/q;+1/p-1. The first-order valence-corrected chi connectivity index (χ1v) is 3.67. The van der Waals surface area contributed by atoms with E-state index in [4.69, 9.17) is 5.11 Å². The summed E-state index contributed by atoms with van der Waals surface area (Å²) in [6.07, 6.45) is 0. The Balaban J connectivity index is 0.00000225. The van der Waals surface area contributed by atoms with Crippen molar-refractivity contribution in [3.8, 4) is 0 Å². The Kier molecular flexibility index (Phi) is 5.09. The molecule has 0 aliphatic rings. The molecule has 0 atom stereocenters. The quantitative estimate of drug-likeness (QED) is 0.331. The van der Waals surface area contributed by atoms with Gasteiger partial charge < -0.3 is 15.0 Å². The number of nitrogens with zero attached hydrogens (tertiary/aromatic N) is 1. The van der Waals surface area contributed by atoms with Crippen LogP contribution in [0.5, 0.6) is 0 Å². The van der Waals surface area contributed by atoms with E-state index in [-0.39, 0.29) is 29.6 Å². The summed E-state index contributed by atoms with van der Waals surface area (Å²) in [6, 6.07) is 2.93. The minimum atomic E-state index is -1.77. The maximum atomic E-state index is 10.7. The molecule has 0 heterocycles. The summed E-state index contributed by atoms with van der Waals surface area (Å²) >= 11 is 0. The van der Waals surface area contributed by atoms with Gasteiger partial charge in [0.25, 0.3) is 5.69 Å². The Morgan fingerprint density at radius 1 is 1.31 bits per heavy atom.